The molecule has 0 saturated carbocycles. The van der Waals surface area contributed by atoms with Crippen LogP contribution in [0.4, 0.5) is 0 Å². The van der Waals surface area contributed by atoms with Gasteiger partial charge in [0, 0.05) is 36.6 Å². The van der Waals surface area contributed by atoms with Crippen LogP contribution < -0.4 is 5.73 Å². The monoisotopic (exact) mass is 341 g/mol. The molecular weight excluding hydrogens is 314 g/mol. The summed E-state index contributed by atoms with van der Waals surface area (Å²) >= 11 is 0. The number of aromatic amines is 1. The first-order valence-electron chi connectivity index (χ1n) is 9.18. The molecule has 0 spiro atoms. The van der Waals surface area contributed by atoms with Crippen LogP contribution in [0.1, 0.15) is 44.6 Å². The average Bonchev–Trinajstić information content (AvgIpc) is 3.05. The van der Waals surface area contributed by atoms with E-state index in [1.54, 1.807) is 0 Å². The molecule has 5 nitrogen and oxygen atoms in total. The van der Waals surface area contributed by atoms with Crippen LogP contribution >= 0.6 is 0 Å². The van der Waals surface area contributed by atoms with Crippen molar-refractivity contribution in [3.05, 3.63) is 36.0 Å². The van der Waals surface area contributed by atoms with Crippen molar-refractivity contribution in [2.75, 3.05) is 13.1 Å². The number of amides is 2. The summed E-state index contributed by atoms with van der Waals surface area (Å²) < 4.78 is 0. The summed E-state index contributed by atoms with van der Waals surface area (Å²) in [4.78, 5) is 29.3. The highest BCUT2D eigenvalue weighted by molar-refractivity contribution is 5.83. The van der Waals surface area contributed by atoms with Gasteiger partial charge in [0.15, 0.2) is 0 Å². The number of benzene rings is 1. The third-order valence-corrected chi connectivity index (χ3v) is 5.78. The number of nitrogens with zero attached hydrogens (tertiary/aromatic N) is 1. The average molecular weight is 341 g/mol. The second-order valence-corrected chi connectivity index (χ2v) is 7.09. The molecule has 2 aromatic rings. The number of fused-ring (bicyclic) bond motifs is 1. The Bertz CT molecular complexity index is 757. The molecule has 0 bridgehead atoms. The van der Waals surface area contributed by atoms with E-state index in [-0.39, 0.29) is 11.8 Å². The van der Waals surface area contributed by atoms with E-state index in [1.165, 1.54) is 10.9 Å². The molecule has 5 heteroatoms. The van der Waals surface area contributed by atoms with Crippen molar-refractivity contribution in [3.63, 3.8) is 0 Å². The maximum Gasteiger partial charge on any atom is 0.223 e. The number of likely N-dealkylation sites (tertiary alicyclic amines) is 1. The number of piperidine rings is 1. The minimum Gasteiger partial charge on any atom is -0.369 e. The van der Waals surface area contributed by atoms with Gasteiger partial charge in [-0.15, -0.1) is 0 Å². The maximum atomic E-state index is 12.5. The topological polar surface area (TPSA) is 79.2 Å². The summed E-state index contributed by atoms with van der Waals surface area (Å²) in [6, 6.07) is 8.24. The Morgan fingerprint density at radius 2 is 1.96 bits per heavy atom. The van der Waals surface area contributed by atoms with Gasteiger partial charge in [0.2, 0.25) is 11.8 Å². The molecule has 1 saturated heterocycles. The van der Waals surface area contributed by atoms with Gasteiger partial charge in [0.1, 0.15) is 0 Å². The van der Waals surface area contributed by atoms with Crippen molar-refractivity contribution in [2.24, 2.45) is 11.1 Å². The number of rotatable bonds is 6. The van der Waals surface area contributed by atoms with Gasteiger partial charge in [0.25, 0.3) is 0 Å². The fraction of sp³-hybridized carbons (Fsp3) is 0.500. The molecule has 2 heterocycles. The second-order valence-electron chi connectivity index (χ2n) is 7.09. The Morgan fingerprint density at radius 3 is 2.64 bits per heavy atom. The fourth-order valence-electron chi connectivity index (χ4n) is 3.88. The van der Waals surface area contributed by atoms with Gasteiger partial charge in [0.05, 0.1) is 5.41 Å². The van der Waals surface area contributed by atoms with Gasteiger partial charge < -0.3 is 15.6 Å². The molecule has 0 atom stereocenters. The number of primary amides is 1. The number of aromatic nitrogens is 1. The Hall–Kier alpha value is -2.30. The minimum atomic E-state index is -0.416. The van der Waals surface area contributed by atoms with Gasteiger partial charge in [-0.2, -0.15) is 0 Å². The van der Waals surface area contributed by atoms with E-state index >= 15 is 0 Å². The van der Waals surface area contributed by atoms with Crippen LogP contribution in [0.15, 0.2) is 30.5 Å². The highest BCUT2D eigenvalue weighted by atomic mass is 16.2. The Balaban J connectivity index is 1.50. The predicted molar refractivity (Wildman–Crippen MR) is 99.0 cm³/mol. The van der Waals surface area contributed by atoms with Crippen molar-refractivity contribution in [1.82, 2.24) is 9.88 Å². The first-order chi connectivity index (χ1) is 12.1. The highest BCUT2D eigenvalue weighted by Gasteiger charge is 2.39. The summed E-state index contributed by atoms with van der Waals surface area (Å²) in [5, 5.41) is 1.24. The molecule has 1 aliphatic rings. The first-order valence-corrected chi connectivity index (χ1v) is 9.18. The van der Waals surface area contributed by atoms with Gasteiger partial charge in [-0.1, -0.05) is 25.1 Å². The summed E-state index contributed by atoms with van der Waals surface area (Å²) in [5.41, 5.74) is 7.56. The Labute approximate surface area is 148 Å². The number of hydrogen-bond donors (Lipinski definition) is 2. The molecule has 0 radical (unpaired) electrons. The number of carbonyl (C=O) groups is 2. The lowest BCUT2D eigenvalue weighted by atomic mass is 9.75. The van der Waals surface area contributed by atoms with Crippen molar-refractivity contribution in [2.45, 2.75) is 45.4 Å². The molecule has 1 fully saturated rings. The van der Waals surface area contributed by atoms with E-state index in [0.717, 1.165) is 24.8 Å². The summed E-state index contributed by atoms with van der Waals surface area (Å²) in [7, 11) is 0. The number of aryl methyl sites for hydroxylation is 1. The molecule has 25 heavy (non-hydrogen) atoms. The zero-order valence-corrected chi connectivity index (χ0v) is 14.9. The van der Waals surface area contributed by atoms with Gasteiger partial charge in [-0.05, 0) is 43.7 Å². The highest BCUT2D eigenvalue weighted by Crippen LogP contribution is 2.34. The van der Waals surface area contributed by atoms with E-state index in [1.807, 2.05) is 30.2 Å². The lowest BCUT2D eigenvalue weighted by molar-refractivity contribution is -0.139. The number of hydrogen-bond acceptors (Lipinski definition) is 2. The molecule has 2 amide bonds. The zero-order chi connectivity index (χ0) is 17.9. The van der Waals surface area contributed by atoms with E-state index in [9.17, 15) is 9.59 Å². The Morgan fingerprint density at radius 1 is 1.24 bits per heavy atom. The third kappa shape index (κ3) is 3.55. The normalized spacial score (nSPS) is 16.9. The molecule has 3 N–H and O–H groups in total. The number of H-pyrrole nitrogens is 1. The van der Waals surface area contributed by atoms with Crippen LogP contribution in [0, 0.1) is 5.41 Å². The molecule has 0 unspecified atom stereocenters. The quantitative estimate of drug-likeness (QED) is 0.847. The van der Waals surface area contributed by atoms with Crippen molar-refractivity contribution in [1.29, 1.82) is 0 Å². The van der Waals surface area contributed by atoms with E-state index in [2.05, 4.69) is 17.1 Å². The van der Waals surface area contributed by atoms with E-state index in [0.29, 0.717) is 32.4 Å². The summed E-state index contributed by atoms with van der Waals surface area (Å²) in [6.07, 6.45) is 6.45. The number of nitrogens with two attached hydrogens (primary N) is 1. The van der Waals surface area contributed by atoms with Crippen LogP contribution in [0.2, 0.25) is 0 Å². The second kappa shape index (κ2) is 7.30. The van der Waals surface area contributed by atoms with Crippen molar-refractivity contribution in [3.8, 4) is 0 Å². The zero-order valence-electron chi connectivity index (χ0n) is 14.9. The standard InChI is InChI=1S/C20H27N3O2/c1-2-20(19(21)25)10-12-23(13-11-20)18(24)9-5-6-15-14-22-17-8-4-3-7-16(15)17/h3-4,7-8,14,22H,2,5-6,9-13H2,1H3,(H2,21,25). The molecule has 3 rings (SSSR count). The molecule has 134 valence electrons. The third-order valence-electron chi connectivity index (χ3n) is 5.78. The van der Waals surface area contributed by atoms with Crippen LogP contribution in [0.5, 0.6) is 0 Å². The molecule has 1 aliphatic heterocycles. The smallest absolute Gasteiger partial charge is 0.223 e. The largest absolute Gasteiger partial charge is 0.369 e. The SMILES string of the molecule is CCC1(C(N)=O)CCN(C(=O)CCCc2c[nH]c3ccccc23)CC1. The van der Waals surface area contributed by atoms with Crippen molar-refractivity contribution < 1.29 is 9.59 Å². The Kier molecular flexibility index (Phi) is 5.11. The molecule has 1 aromatic carbocycles. The summed E-state index contributed by atoms with van der Waals surface area (Å²) in [6.45, 7) is 3.29. The number of carbonyl (C=O) groups excluding carboxylic acids is 2. The van der Waals surface area contributed by atoms with Crippen LogP contribution in [0.3, 0.4) is 0 Å². The van der Waals surface area contributed by atoms with Gasteiger partial charge in [-0.25, -0.2) is 0 Å². The van der Waals surface area contributed by atoms with Gasteiger partial charge in [-0.3, -0.25) is 9.59 Å². The predicted octanol–water partition coefficient (Wildman–Crippen LogP) is 2.99. The molecule has 0 aliphatic carbocycles. The molecule has 1 aromatic heterocycles. The van der Waals surface area contributed by atoms with Gasteiger partial charge >= 0.3 is 0 Å². The lowest BCUT2D eigenvalue weighted by Crippen LogP contribution is -2.48. The van der Waals surface area contributed by atoms with Crippen LogP contribution in [0.25, 0.3) is 10.9 Å². The first kappa shape index (κ1) is 17.5. The van der Waals surface area contributed by atoms with Crippen molar-refractivity contribution >= 4 is 22.7 Å². The maximum absolute atomic E-state index is 12.5. The lowest BCUT2D eigenvalue weighted by Gasteiger charge is -2.39. The molecular formula is C20H27N3O2. The number of para-hydroxylation sites is 1. The summed E-state index contributed by atoms with van der Waals surface area (Å²) in [5.74, 6) is -0.0320. The van der Waals surface area contributed by atoms with Crippen LogP contribution in [-0.4, -0.2) is 34.8 Å². The number of nitrogens with one attached hydrogen (secondary N) is 1. The van der Waals surface area contributed by atoms with E-state index in [4.69, 9.17) is 5.73 Å². The minimum absolute atomic E-state index is 0.189. The van der Waals surface area contributed by atoms with Crippen LogP contribution in [-0.2, 0) is 16.0 Å². The van der Waals surface area contributed by atoms with E-state index < -0.39 is 5.41 Å². The fourth-order valence-corrected chi connectivity index (χ4v) is 3.88.